The summed E-state index contributed by atoms with van der Waals surface area (Å²) in [5.74, 6) is -1.01. The quantitative estimate of drug-likeness (QED) is 0.869. The van der Waals surface area contributed by atoms with E-state index in [9.17, 15) is 18.0 Å². The van der Waals surface area contributed by atoms with E-state index in [0.29, 0.717) is 12.8 Å². The summed E-state index contributed by atoms with van der Waals surface area (Å²) in [7, 11) is 0. The van der Waals surface area contributed by atoms with Crippen molar-refractivity contribution in [3.8, 4) is 5.75 Å². The molecular weight excluding hydrogens is 261 g/mol. The highest BCUT2D eigenvalue weighted by molar-refractivity contribution is 5.95. The molecule has 4 nitrogen and oxygen atoms in total. The smallest absolute Gasteiger partial charge is 0.404 e. The number of rotatable bonds is 5. The lowest BCUT2D eigenvalue weighted by Gasteiger charge is -2.15. The van der Waals surface area contributed by atoms with Crippen LogP contribution in [-0.2, 0) is 4.79 Å². The molecule has 1 atom stereocenters. The number of hydrogen-bond donors (Lipinski definition) is 2. The first-order chi connectivity index (χ1) is 8.83. The van der Waals surface area contributed by atoms with E-state index in [1.807, 2.05) is 6.92 Å². The molecule has 0 bridgehead atoms. The first-order valence-electron chi connectivity index (χ1n) is 5.74. The summed E-state index contributed by atoms with van der Waals surface area (Å²) in [6.07, 6.45) is -3.66. The standard InChI is InChI=1S/C12H15F3N2O2/c1-2-5-8(16)11(18)17-9-6-3-4-7-10(9)19-12(13,14)15/h3-4,6-8H,2,5,16H2,1H3,(H,17,18)/t8-/m0/s1. The van der Waals surface area contributed by atoms with Crippen molar-refractivity contribution in [1.82, 2.24) is 0 Å². The molecule has 0 fully saturated rings. The summed E-state index contributed by atoms with van der Waals surface area (Å²) in [6, 6.07) is 4.54. The number of amides is 1. The zero-order chi connectivity index (χ0) is 14.5. The number of para-hydroxylation sites is 2. The van der Waals surface area contributed by atoms with Crippen molar-refractivity contribution in [2.75, 3.05) is 5.32 Å². The summed E-state index contributed by atoms with van der Waals surface area (Å²) >= 11 is 0. The number of benzene rings is 1. The number of nitrogens with two attached hydrogens (primary N) is 1. The molecule has 1 aromatic rings. The third kappa shape index (κ3) is 5.17. The van der Waals surface area contributed by atoms with E-state index < -0.39 is 24.1 Å². The fourth-order valence-electron chi connectivity index (χ4n) is 1.45. The molecule has 0 saturated carbocycles. The third-order valence-corrected chi connectivity index (χ3v) is 2.31. The van der Waals surface area contributed by atoms with Gasteiger partial charge in [0.2, 0.25) is 5.91 Å². The van der Waals surface area contributed by atoms with Gasteiger partial charge in [-0.1, -0.05) is 25.5 Å². The Morgan fingerprint density at radius 3 is 2.63 bits per heavy atom. The van der Waals surface area contributed by atoms with Crippen LogP contribution in [0.1, 0.15) is 19.8 Å². The van der Waals surface area contributed by atoms with Crippen molar-refractivity contribution >= 4 is 11.6 Å². The Kier molecular flexibility index (Phi) is 5.17. The predicted molar refractivity (Wildman–Crippen MR) is 64.6 cm³/mol. The van der Waals surface area contributed by atoms with E-state index in [0.717, 1.165) is 6.07 Å². The third-order valence-electron chi connectivity index (χ3n) is 2.31. The first kappa shape index (κ1) is 15.3. The molecule has 0 aromatic heterocycles. The van der Waals surface area contributed by atoms with Gasteiger partial charge in [-0.25, -0.2) is 0 Å². The highest BCUT2D eigenvalue weighted by atomic mass is 19.4. The zero-order valence-corrected chi connectivity index (χ0v) is 10.3. The minimum atomic E-state index is -4.81. The van der Waals surface area contributed by atoms with E-state index in [-0.39, 0.29) is 5.69 Å². The van der Waals surface area contributed by atoms with Gasteiger partial charge in [0.05, 0.1) is 11.7 Å². The molecule has 0 aliphatic rings. The van der Waals surface area contributed by atoms with Gasteiger partial charge in [0.25, 0.3) is 0 Å². The second kappa shape index (κ2) is 6.42. The second-order valence-electron chi connectivity index (χ2n) is 3.93. The Bertz CT molecular complexity index is 435. The molecular formula is C12H15F3N2O2. The Balaban J connectivity index is 2.81. The highest BCUT2D eigenvalue weighted by Gasteiger charge is 2.32. The molecule has 19 heavy (non-hydrogen) atoms. The Hall–Kier alpha value is -1.76. The molecule has 7 heteroatoms. The van der Waals surface area contributed by atoms with Crippen LogP contribution >= 0.6 is 0 Å². The van der Waals surface area contributed by atoms with Crippen molar-refractivity contribution in [1.29, 1.82) is 0 Å². The monoisotopic (exact) mass is 276 g/mol. The first-order valence-corrected chi connectivity index (χ1v) is 5.74. The van der Waals surface area contributed by atoms with Gasteiger partial charge in [-0.15, -0.1) is 13.2 Å². The number of carbonyl (C=O) groups is 1. The minimum absolute atomic E-state index is 0.0589. The van der Waals surface area contributed by atoms with Gasteiger partial charge < -0.3 is 15.8 Å². The van der Waals surface area contributed by atoms with E-state index >= 15 is 0 Å². The van der Waals surface area contributed by atoms with Crippen molar-refractivity contribution in [3.05, 3.63) is 24.3 Å². The Morgan fingerprint density at radius 1 is 1.42 bits per heavy atom. The summed E-state index contributed by atoms with van der Waals surface area (Å²) < 4.78 is 40.4. The van der Waals surface area contributed by atoms with Crippen LogP contribution in [0.3, 0.4) is 0 Å². The maximum Gasteiger partial charge on any atom is 0.573 e. The maximum absolute atomic E-state index is 12.2. The lowest BCUT2D eigenvalue weighted by Crippen LogP contribution is -2.35. The summed E-state index contributed by atoms with van der Waals surface area (Å²) in [6.45, 7) is 1.86. The molecule has 3 N–H and O–H groups in total. The van der Waals surface area contributed by atoms with E-state index in [4.69, 9.17) is 5.73 Å². The van der Waals surface area contributed by atoms with Gasteiger partial charge in [0, 0.05) is 0 Å². The fourth-order valence-corrected chi connectivity index (χ4v) is 1.45. The molecule has 0 spiro atoms. The molecule has 0 aliphatic heterocycles. The van der Waals surface area contributed by atoms with E-state index in [1.54, 1.807) is 0 Å². The van der Waals surface area contributed by atoms with Crippen LogP contribution in [0.5, 0.6) is 5.75 Å². The number of carbonyl (C=O) groups excluding carboxylic acids is 1. The average molecular weight is 276 g/mol. The molecule has 0 radical (unpaired) electrons. The molecule has 1 rings (SSSR count). The molecule has 0 unspecified atom stereocenters. The van der Waals surface area contributed by atoms with Crippen LogP contribution in [0.2, 0.25) is 0 Å². The second-order valence-corrected chi connectivity index (χ2v) is 3.93. The van der Waals surface area contributed by atoms with Crippen LogP contribution in [0.25, 0.3) is 0 Å². The number of hydrogen-bond acceptors (Lipinski definition) is 3. The van der Waals surface area contributed by atoms with Crippen LogP contribution in [0.4, 0.5) is 18.9 Å². The normalized spacial score (nSPS) is 12.9. The van der Waals surface area contributed by atoms with Gasteiger partial charge in [-0.2, -0.15) is 0 Å². The van der Waals surface area contributed by atoms with Gasteiger partial charge in [0.1, 0.15) is 0 Å². The lowest BCUT2D eigenvalue weighted by molar-refractivity contribution is -0.274. The van der Waals surface area contributed by atoms with Crippen LogP contribution < -0.4 is 15.8 Å². The SMILES string of the molecule is CCC[C@H](N)C(=O)Nc1ccccc1OC(F)(F)F. The number of halogens is 3. The van der Waals surface area contributed by atoms with Crippen LogP contribution in [0, 0.1) is 0 Å². The fraction of sp³-hybridized carbons (Fsp3) is 0.417. The topological polar surface area (TPSA) is 64.4 Å². The lowest BCUT2D eigenvalue weighted by atomic mass is 10.1. The Labute approximate surface area is 108 Å². The van der Waals surface area contributed by atoms with Crippen molar-refractivity contribution < 1.29 is 22.7 Å². The van der Waals surface area contributed by atoms with Crippen molar-refractivity contribution in [3.63, 3.8) is 0 Å². The van der Waals surface area contributed by atoms with Crippen molar-refractivity contribution in [2.45, 2.75) is 32.2 Å². The highest BCUT2D eigenvalue weighted by Crippen LogP contribution is 2.29. The van der Waals surface area contributed by atoms with Gasteiger partial charge in [0.15, 0.2) is 5.75 Å². The van der Waals surface area contributed by atoms with E-state index in [1.165, 1.54) is 18.2 Å². The molecule has 106 valence electrons. The van der Waals surface area contributed by atoms with Gasteiger partial charge >= 0.3 is 6.36 Å². The number of ether oxygens (including phenoxy) is 1. The van der Waals surface area contributed by atoms with Crippen molar-refractivity contribution in [2.24, 2.45) is 5.73 Å². The molecule has 0 aliphatic carbocycles. The predicted octanol–water partition coefficient (Wildman–Crippen LogP) is 2.65. The number of anilines is 1. The van der Waals surface area contributed by atoms with Crippen LogP contribution in [-0.4, -0.2) is 18.3 Å². The van der Waals surface area contributed by atoms with Crippen LogP contribution in [0.15, 0.2) is 24.3 Å². The molecule has 1 aromatic carbocycles. The molecule has 0 heterocycles. The molecule has 1 amide bonds. The number of nitrogens with one attached hydrogen (secondary N) is 1. The van der Waals surface area contributed by atoms with Gasteiger partial charge in [-0.3, -0.25) is 4.79 Å². The summed E-state index contributed by atoms with van der Waals surface area (Å²) in [4.78, 5) is 11.6. The number of alkyl halides is 3. The summed E-state index contributed by atoms with van der Waals surface area (Å²) in [5.41, 5.74) is 5.52. The average Bonchev–Trinajstić information content (AvgIpc) is 2.30. The zero-order valence-electron chi connectivity index (χ0n) is 10.3. The minimum Gasteiger partial charge on any atom is -0.404 e. The Morgan fingerprint density at radius 2 is 2.05 bits per heavy atom. The maximum atomic E-state index is 12.2. The van der Waals surface area contributed by atoms with Gasteiger partial charge in [-0.05, 0) is 18.6 Å². The van der Waals surface area contributed by atoms with E-state index in [2.05, 4.69) is 10.1 Å². The molecule has 0 saturated heterocycles. The largest absolute Gasteiger partial charge is 0.573 e. The summed E-state index contributed by atoms with van der Waals surface area (Å²) in [5, 5.41) is 2.33.